The van der Waals surface area contributed by atoms with Gasteiger partial charge in [0.2, 0.25) is 5.91 Å². The fraction of sp³-hybridized carbons (Fsp3) is 0.417. The number of halogens is 2. The molecule has 1 saturated heterocycles. The number of benzene rings is 1. The summed E-state index contributed by atoms with van der Waals surface area (Å²) < 4.78 is 1.28. The maximum atomic E-state index is 11.6. The lowest BCUT2D eigenvalue weighted by Gasteiger charge is -2.23. The quantitative estimate of drug-likeness (QED) is 0.757. The van der Waals surface area contributed by atoms with Crippen molar-refractivity contribution in [2.75, 3.05) is 6.54 Å². The Morgan fingerprint density at radius 1 is 1.39 bits per heavy atom. The minimum Gasteiger partial charge on any atom is -0.506 e. The predicted molar refractivity (Wildman–Crippen MR) is 76.4 cm³/mol. The van der Waals surface area contributed by atoms with E-state index in [1.165, 1.54) is 0 Å². The number of amides is 1. The van der Waals surface area contributed by atoms with Crippen LogP contribution in [0, 0.1) is 0 Å². The zero-order valence-corrected chi connectivity index (χ0v) is 12.8. The topological polar surface area (TPSA) is 61.4 Å². The SMILES string of the molecule is O=C1NCCCC1NCc1cc(Br)c(O)c(Br)c1. The highest BCUT2D eigenvalue weighted by Crippen LogP contribution is 2.33. The third kappa shape index (κ3) is 3.24. The Bertz CT molecular complexity index is 442. The third-order valence-corrected chi connectivity index (χ3v) is 4.12. The number of carbonyl (C=O) groups excluding carboxylic acids is 1. The van der Waals surface area contributed by atoms with Gasteiger partial charge in [0.25, 0.3) is 0 Å². The summed E-state index contributed by atoms with van der Waals surface area (Å²) in [6.07, 6.45) is 1.87. The molecular weight excluding hydrogens is 364 g/mol. The highest BCUT2D eigenvalue weighted by Gasteiger charge is 2.21. The molecule has 3 N–H and O–H groups in total. The number of carbonyl (C=O) groups is 1. The molecule has 0 aromatic heterocycles. The Morgan fingerprint density at radius 2 is 2.06 bits per heavy atom. The number of piperidine rings is 1. The molecule has 2 rings (SSSR count). The van der Waals surface area contributed by atoms with Gasteiger partial charge in [-0.3, -0.25) is 4.79 Å². The zero-order chi connectivity index (χ0) is 13.1. The highest BCUT2D eigenvalue weighted by molar-refractivity contribution is 9.11. The molecule has 1 unspecified atom stereocenters. The van der Waals surface area contributed by atoms with Gasteiger partial charge in [0, 0.05) is 13.1 Å². The van der Waals surface area contributed by atoms with E-state index in [1.807, 2.05) is 12.1 Å². The van der Waals surface area contributed by atoms with Gasteiger partial charge in [-0.15, -0.1) is 0 Å². The molecule has 0 saturated carbocycles. The van der Waals surface area contributed by atoms with Gasteiger partial charge in [0.15, 0.2) is 0 Å². The molecule has 98 valence electrons. The van der Waals surface area contributed by atoms with Crippen molar-refractivity contribution in [2.24, 2.45) is 0 Å². The highest BCUT2D eigenvalue weighted by atomic mass is 79.9. The van der Waals surface area contributed by atoms with Gasteiger partial charge >= 0.3 is 0 Å². The lowest BCUT2D eigenvalue weighted by atomic mass is 10.1. The normalized spacial score (nSPS) is 19.7. The van der Waals surface area contributed by atoms with Crippen molar-refractivity contribution in [3.05, 3.63) is 26.6 Å². The van der Waals surface area contributed by atoms with E-state index < -0.39 is 0 Å². The molecule has 1 aromatic carbocycles. The van der Waals surface area contributed by atoms with E-state index in [9.17, 15) is 9.90 Å². The van der Waals surface area contributed by atoms with E-state index in [-0.39, 0.29) is 17.7 Å². The van der Waals surface area contributed by atoms with Gasteiger partial charge in [-0.2, -0.15) is 0 Å². The van der Waals surface area contributed by atoms with E-state index in [2.05, 4.69) is 42.5 Å². The Morgan fingerprint density at radius 3 is 2.67 bits per heavy atom. The van der Waals surface area contributed by atoms with Crippen molar-refractivity contribution in [2.45, 2.75) is 25.4 Å². The van der Waals surface area contributed by atoms with Crippen LogP contribution < -0.4 is 10.6 Å². The number of hydrogen-bond acceptors (Lipinski definition) is 3. The van der Waals surface area contributed by atoms with Crippen molar-refractivity contribution in [1.82, 2.24) is 10.6 Å². The molecule has 0 radical (unpaired) electrons. The van der Waals surface area contributed by atoms with Crippen LogP contribution in [0.25, 0.3) is 0 Å². The van der Waals surface area contributed by atoms with Crippen LogP contribution in [-0.2, 0) is 11.3 Å². The second kappa shape index (κ2) is 6.04. The van der Waals surface area contributed by atoms with E-state index in [1.54, 1.807) is 0 Å². The fourth-order valence-corrected chi connectivity index (χ4v) is 3.21. The minimum absolute atomic E-state index is 0.0677. The van der Waals surface area contributed by atoms with Gasteiger partial charge in [0.05, 0.1) is 15.0 Å². The van der Waals surface area contributed by atoms with Crippen molar-refractivity contribution >= 4 is 37.8 Å². The van der Waals surface area contributed by atoms with Crippen LogP contribution in [0.3, 0.4) is 0 Å². The van der Waals surface area contributed by atoms with E-state index in [4.69, 9.17) is 0 Å². The van der Waals surface area contributed by atoms with Crippen LogP contribution in [0.15, 0.2) is 21.1 Å². The molecule has 4 nitrogen and oxygen atoms in total. The molecule has 6 heteroatoms. The first-order valence-electron chi connectivity index (χ1n) is 5.76. The molecule has 1 aliphatic rings. The molecule has 0 aliphatic carbocycles. The first-order chi connectivity index (χ1) is 8.58. The molecular formula is C12H14Br2N2O2. The second-order valence-electron chi connectivity index (χ2n) is 4.27. The number of aromatic hydroxyl groups is 1. The molecule has 1 atom stereocenters. The van der Waals surface area contributed by atoms with Crippen LogP contribution in [-0.4, -0.2) is 23.6 Å². The monoisotopic (exact) mass is 376 g/mol. The largest absolute Gasteiger partial charge is 0.506 e. The lowest BCUT2D eigenvalue weighted by Crippen LogP contribution is -2.47. The van der Waals surface area contributed by atoms with Gasteiger partial charge < -0.3 is 15.7 Å². The van der Waals surface area contributed by atoms with Crippen LogP contribution >= 0.6 is 31.9 Å². The first-order valence-corrected chi connectivity index (χ1v) is 7.34. The molecule has 1 aliphatic heterocycles. The summed E-state index contributed by atoms with van der Waals surface area (Å²) >= 11 is 6.58. The lowest BCUT2D eigenvalue weighted by molar-refractivity contribution is -0.124. The maximum Gasteiger partial charge on any atom is 0.237 e. The van der Waals surface area contributed by atoms with Gasteiger partial charge in [0.1, 0.15) is 5.75 Å². The Balaban J connectivity index is 1.99. The summed E-state index contributed by atoms with van der Waals surface area (Å²) in [5.41, 5.74) is 1.00. The van der Waals surface area contributed by atoms with Crippen LogP contribution in [0.1, 0.15) is 18.4 Å². The Hall–Kier alpha value is -0.590. The molecule has 1 fully saturated rings. The average Bonchev–Trinajstić information content (AvgIpc) is 2.35. The zero-order valence-electron chi connectivity index (χ0n) is 9.67. The van der Waals surface area contributed by atoms with Crippen LogP contribution in [0.5, 0.6) is 5.75 Å². The summed E-state index contributed by atoms with van der Waals surface area (Å²) in [6.45, 7) is 1.36. The van der Waals surface area contributed by atoms with Crippen molar-refractivity contribution in [3.63, 3.8) is 0 Å². The molecule has 0 bridgehead atoms. The Labute approximate surface area is 122 Å². The van der Waals surface area contributed by atoms with Gasteiger partial charge in [-0.05, 0) is 62.4 Å². The summed E-state index contributed by atoms with van der Waals surface area (Å²) in [5.74, 6) is 0.257. The smallest absolute Gasteiger partial charge is 0.237 e. The second-order valence-corrected chi connectivity index (χ2v) is 5.98. The molecule has 1 heterocycles. The summed E-state index contributed by atoms with van der Waals surface area (Å²) in [7, 11) is 0. The Kier molecular flexibility index (Phi) is 4.64. The molecule has 18 heavy (non-hydrogen) atoms. The fourth-order valence-electron chi connectivity index (χ4n) is 1.93. The summed E-state index contributed by atoms with van der Waals surface area (Å²) in [4.78, 5) is 11.6. The van der Waals surface area contributed by atoms with E-state index >= 15 is 0 Å². The summed E-state index contributed by atoms with van der Waals surface area (Å²) in [6, 6.07) is 3.56. The number of phenols is 1. The number of nitrogens with one attached hydrogen (secondary N) is 2. The third-order valence-electron chi connectivity index (χ3n) is 2.91. The van der Waals surface area contributed by atoms with E-state index in [0.717, 1.165) is 24.9 Å². The van der Waals surface area contributed by atoms with Gasteiger partial charge in [-0.1, -0.05) is 0 Å². The summed E-state index contributed by atoms with van der Waals surface area (Å²) in [5, 5.41) is 15.7. The van der Waals surface area contributed by atoms with Gasteiger partial charge in [-0.25, -0.2) is 0 Å². The van der Waals surface area contributed by atoms with Crippen molar-refractivity contribution in [1.29, 1.82) is 0 Å². The average molecular weight is 378 g/mol. The van der Waals surface area contributed by atoms with Crippen LogP contribution in [0.2, 0.25) is 0 Å². The first kappa shape index (κ1) is 13.8. The standard InChI is InChI=1S/C12H14Br2N2O2/c13-8-4-7(5-9(14)11(8)17)6-16-10-2-1-3-15-12(10)18/h4-5,10,16-17H,1-3,6H2,(H,15,18). The minimum atomic E-state index is -0.120. The maximum absolute atomic E-state index is 11.6. The van der Waals surface area contributed by atoms with Crippen LogP contribution in [0.4, 0.5) is 0 Å². The predicted octanol–water partition coefficient (Wildman–Crippen LogP) is 2.29. The number of hydrogen-bond donors (Lipinski definition) is 3. The van der Waals surface area contributed by atoms with E-state index in [0.29, 0.717) is 15.5 Å². The number of rotatable bonds is 3. The molecule has 1 aromatic rings. The number of phenolic OH excluding ortho intramolecular Hbond substituents is 1. The van der Waals surface area contributed by atoms with Crippen molar-refractivity contribution < 1.29 is 9.90 Å². The van der Waals surface area contributed by atoms with Crippen molar-refractivity contribution in [3.8, 4) is 5.75 Å². The molecule has 0 spiro atoms. The molecule has 1 amide bonds.